The molecule has 0 amide bonds. The van der Waals surface area contributed by atoms with Gasteiger partial charge in [-0.2, -0.15) is 0 Å². The van der Waals surface area contributed by atoms with Crippen LogP contribution in [0, 0.1) is 5.92 Å². The van der Waals surface area contributed by atoms with E-state index in [1.165, 1.54) is 0 Å². The number of piperidine rings is 1. The SMILES string of the molecule is FC1(F)CNCC[C@@H]1COCc1ccccc1. The lowest BCUT2D eigenvalue weighted by Gasteiger charge is -2.31. The van der Waals surface area contributed by atoms with Gasteiger partial charge < -0.3 is 10.1 Å². The zero-order valence-electron chi connectivity index (χ0n) is 9.66. The van der Waals surface area contributed by atoms with Crippen LogP contribution in [-0.4, -0.2) is 25.6 Å². The van der Waals surface area contributed by atoms with E-state index in [-0.39, 0.29) is 13.2 Å². The zero-order chi connectivity index (χ0) is 12.1. The van der Waals surface area contributed by atoms with Gasteiger partial charge in [0.25, 0.3) is 5.92 Å². The van der Waals surface area contributed by atoms with Crippen molar-refractivity contribution in [2.24, 2.45) is 5.92 Å². The van der Waals surface area contributed by atoms with Crippen LogP contribution in [0.15, 0.2) is 30.3 Å². The average molecular weight is 241 g/mol. The van der Waals surface area contributed by atoms with Gasteiger partial charge in [0.15, 0.2) is 0 Å². The van der Waals surface area contributed by atoms with Crippen LogP contribution in [0.25, 0.3) is 0 Å². The minimum absolute atomic E-state index is 0.129. The number of rotatable bonds is 4. The molecule has 4 heteroatoms. The third-order valence-electron chi connectivity index (χ3n) is 3.06. The Balaban J connectivity index is 1.78. The fourth-order valence-electron chi connectivity index (χ4n) is 1.99. The first kappa shape index (κ1) is 12.5. The van der Waals surface area contributed by atoms with Crippen LogP contribution in [0.4, 0.5) is 8.78 Å². The Kier molecular flexibility index (Phi) is 4.07. The molecule has 94 valence electrons. The normalized spacial score (nSPS) is 23.5. The highest BCUT2D eigenvalue weighted by atomic mass is 19.3. The molecule has 2 nitrogen and oxygen atoms in total. The van der Waals surface area contributed by atoms with Crippen molar-refractivity contribution in [1.82, 2.24) is 5.32 Å². The summed E-state index contributed by atoms with van der Waals surface area (Å²) in [7, 11) is 0. The van der Waals surface area contributed by atoms with Gasteiger partial charge in [0.05, 0.1) is 19.8 Å². The van der Waals surface area contributed by atoms with E-state index in [1.54, 1.807) is 0 Å². The van der Waals surface area contributed by atoms with Gasteiger partial charge in [-0.15, -0.1) is 0 Å². The molecule has 0 aromatic heterocycles. The fourth-order valence-corrected chi connectivity index (χ4v) is 1.99. The van der Waals surface area contributed by atoms with Crippen molar-refractivity contribution < 1.29 is 13.5 Å². The van der Waals surface area contributed by atoms with Crippen LogP contribution in [0.5, 0.6) is 0 Å². The van der Waals surface area contributed by atoms with Gasteiger partial charge in [0.2, 0.25) is 0 Å². The van der Waals surface area contributed by atoms with E-state index < -0.39 is 11.8 Å². The Hall–Kier alpha value is -1.00. The summed E-state index contributed by atoms with van der Waals surface area (Å²) in [5, 5.41) is 2.71. The highest BCUT2D eigenvalue weighted by molar-refractivity contribution is 5.13. The molecule has 0 bridgehead atoms. The Morgan fingerprint density at radius 3 is 2.76 bits per heavy atom. The zero-order valence-corrected chi connectivity index (χ0v) is 9.66. The molecule has 1 fully saturated rings. The maximum Gasteiger partial charge on any atom is 0.265 e. The van der Waals surface area contributed by atoms with E-state index in [1.807, 2.05) is 30.3 Å². The second kappa shape index (κ2) is 5.56. The highest BCUT2D eigenvalue weighted by Crippen LogP contribution is 2.29. The molecule has 17 heavy (non-hydrogen) atoms. The molecule has 0 aliphatic carbocycles. The van der Waals surface area contributed by atoms with E-state index in [4.69, 9.17) is 4.74 Å². The number of alkyl halides is 2. The maximum atomic E-state index is 13.5. The summed E-state index contributed by atoms with van der Waals surface area (Å²) >= 11 is 0. The third-order valence-corrected chi connectivity index (χ3v) is 3.06. The van der Waals surface area contributed by atoms with Crippen molar-refractivity contribution >= 4 is 0 Å². The second-order valence-corrected chi connectivity index (χ2v) is 4.42. The van der Waals surface area contributed by atoms with Crippen LogP contribution >= 0.6 is 0 Å². The predicted molar refractivity (Wildman–Crippen MR) is 62.0 cm³/mol. The van der Waals surface area contributed by atoms with Crippen LogP contribution in [0.2, 0.25) is 0 Å². The number of benzene rings is 1. The largest absolute Gasteiger partial charge is 0.376 e. The lowest BCUT2D eigenvalue weighted by Crippen LogP contribution is -2.47. The molecule has 1 aliphatic heterocycles. The van der Waals surface area contributed by atoms with Crippen LogP contribution in [0.1, 0.15) is 12.0 Å². The van der Waals surface area contributed by atoms with Crippen molar-refractivity contribution in [1.29, 1.82) is 0 Å². The van der Waals surface area contributed by atoms with Gasteiger partial charge in [-0.1, -0.05) is 30.3 Å². The van der Waals surface area contributed by atoms with Gasteiger partial charge >= 0.3 is 0 Å². The van der Waals surface area contributed by atoms with E-state index in [9.17, 15) is 8.78 Å². The smallest absolute Gasteiger partial charge is 0.265 e. The van der Waals surface area contributed by atoms with Gasteiger partial charge in [-0.25, -0.2) is 8.78 Å². The maximum absolute atomic E-state index is 13.5. The molecule has 0 radical (unpaired) electrons. The van der Waals surface area contributed by atoms with Gasteiger partial charge in [-0.3, -0.25) is 0 Å². The highest BCUT2D eigenvalue weighted by Gasteiger charge is 2.41. The van der Waals surface area contributed by atoms with Crippen LogP contribution in [0.3, 0.4) is 0 Å². The standard InChI is InChI=1S/C13H17F2NO/c14-13(15)10-16-7-6-12(13)9-17-8-11-4-2-1-3-5-11/h1-5,12,16H,6-10H2/t12-/m1/s1. The quantitative estimate of drug-likeness (QED) is 0.874. The molecule has 1 N–H and O–H groups in total. The average Bonchev–Trinajstić information content (AvgIpc) is 2.32. The van der Waals surface area contributed by atoms with Crippen molar-refractivity contribution in [3.05, 3.63) is 35.9 Å². The first-order chi connectivity index (χ1) is 8.18. The molecule has 1 aromatic rings. The van der Waals surface area contributed by atoms with Crippen molar-refractivity contribution in [2.45, 2.75) is 19.0 Å². The summed E-state index contributed by atoms with van der Waals surface area (Å²) < 4.78 is 32.3. The fraction of sp³-hybridized carbons (Fsp3) is 0.538. The molecular formula is C13H17F2NO. The van der Waals surface area contributed by atoms with Crippen molar-refractivity contribution in [3.8, 4) is 0 Å². The minimum atomic E-state index is -2.64. The lowest BCUT2D eigenvalue weighted by atomic mass is 9.95. The molecule has 1 aliphatic rings. The first-order valence-electron chi connectivity index (χ1n) is 5.89. The molecule has 0 saturated carbocycles. The summed E-state index contributed by atoms with van der Waals surface area (Å²) in [4.78, 5) is 0. The number of hydrogen-bond acceptors (Lipinski definition) is 2. The Labute approximate surface area is 100.0 Å². The first-order valence-corrected chi connectivity index (χ1v) is 5.89. The summed E-state index contributed by atoms with van der Waals surface area (Å²) in [6.45, 7) is 0.950. The van der Waals surface area contributed by atoms with E-state index in [0.29, 0.717) is 19.6 Å². The van der Waals surface area contributed by atoms with Crippen molar-refractivity contribution in [3.63, 3.8) is 0 Å². The monoisotopic (exact) mass is 241 g/mol. The summed E-state index contributed by atoms with van der Waals surface area (Å²) in [5.41, 5.74) is 1.02. The minimum Gasteiger partial charge on any atom is -0.376 e. The Morgan fingerprint density at radius 1 is 1.29 bits per heavy atom. The van der Waals surface area contributed by atoms with Gasteiger partial charge in [0.1, 0.15) is 0 Å². The molecule has 0 spiro atoms. The van der Waals surface area contributed by atoms with E-state index in [2.05, 4.69) is 5.32 Å². The number of halogens is 2. The van der Waals surface area contributed by atoms with E-state index in [0.717, 1.165) is 5.56 Å². The molecule has 2 rings (SSSR count). The molecule has 0 unspecified atom stereocenters. The second-order valence-electron chi connectivity index (χ2n) is 4.42. The molecule has 1 heterocycles. The summed E-state index contributed by atoms with van der Waals surface area (Å²) in [6, 6.07) is 9.61. The molecule has 1 saturated heterocycles. The number of nitrogens with one attached hydrogen (secondary N) is 1. The van der Waals surface area contributed by atoms with Gasteiger partial charge in [-0.05, 0) is 18.5 Å². The van der Waals surface area contributed by atoms with Crippen LogP contribution < -0.4 is 5.32 Å². The molecular weight excluding hydrogens is 224 g/mol. The van der Waals surface area contributed by atoms with Crippen molar-refractivity contribution in [2.75, 3.05) is 19.7 Å². The lowest BCUT2D eigenvalue weighted by molar-refractivity contribution is -0.102. The van der Waals surface area contributed by atoms with Crippen LogP contribution in [-0.2, 0) is 11.3 Å². The molecule has 1 aromatic carbocycles. The topological polar surface area (TPSA) is 21.3 Å². The summed E-state index contributed by atoms with van der Waals surface area (Å²) in [6.07, 6.45) is 0.474. The Morgan fingerprint density at radius 2 is 2.06 bits per heavy atom. The predicted octanol–water partition coefficient (Wildman–Crippen LogP) is 2.45. The van der Waals surface area contributed by atoms with Gasteiger partial charge in [0, 0.05) is 5.92 Å². The number of hydrogen-bond donors (Lipinski definition) is 1. The number of ether oxygens (including phenoxy) is 1. The third kappa shape index (κ3) is 3.48. The molecule has 1 atom stereocenters. The summed E-state index contributed by atoms with van der Waals surface area (Å²) in [5.74, 6) is -3.30. The van der Waals surface area contributed by atoms with E-state index >= 15 is 0 Å². The Bertz CT molecular complexity index is 343.